The van der Waals surface area contributed by atoms with E-state index >= 15 is 0 Å². The van der Waals surface area contributed by atoms with Gasteiger partial charge in [0, 0.05) is 24.2 Å². The molecule has 5 rings (SSSR count). The number of nitrogens with one attached hydrogen (secondary N) is 1. The minimum atomic E-state index is -0.304. The van der Waals surface area contributed by atoms with Crippen molar-refractivity contribution >= 4 is 23.4 Å². The van der Waals surface area contributed by atoms with Gasteiger partial charge in [-0.2, -0.15) is 5.10 Å². The van der Waals surface area contributed by atoms with Crippen LogP contribution >= 0.6 is 11.6 Å². The molecule has 2 amide bonds. The fraction of sp³-hybridized carbons (Fsp3) is 0.179. The monoisotopic (exact) mass is 484 g/mol. The normalized spacial score (nSPS) is 13.9. The topological polar surface area (TPSA) is 67.2 Å². The molecule has 1 aromatic heterocycles. The molecule has 0 saturated heterocycles. The molecule has 0 aliphatic carbocycles. The number of halogens is 1. The van der Waals surface area contributed by atoms with Gasteiger partial charge >= 0.3 is 0 Å². The third-order valence-corrected chi connectivity index (χ3v) is 6.58. The van der Waals surface area contributed by atoms with Crippen LogP contribution in [-0.2, 0) is 19.5 Å². The Morgan fingerprint density at radius 3 is 2.37 bits per heavy atom. The van der Waals surface area contributed by atoms with Crippen LogP contribution in [-0.4, -0.2) is 33.0 Å². The predicted octanol–water partition coefficient (Wildman–Crippen LogP) is 4.91. The summed E-state index contributed by atoms with van der Waals surface area (Å²) in [5.74, 6) is -0.464. The third kappa shape index (κ3) is 5.12. The summed E-state index contributed by atoms with van der Waals surface area (Å²) in [6.45, 7) is 1.43. The molecule has 0 fully saturated rings. The van der Waals surface area contributed by atoms with Crippen LogP contribution in [0.25, 0.3) is 0 Å². The van der Waals surface area contributed by atoms with Crippen molar-refractivity contribution in [3.63, 3.8) is 0 Å². The average molecular weight is 485 g/mol. The summed E-state index contributed by atoms with van der Waals surface area (Å²) in [5, 5.41) is 8.20. The van der Waals surface area contributed by atoms with E-state index in [0.717, 1.165) is 16.7 Å². The molecule has 0 radical (unpaired) electrons. The SMILES string of the molecule is O=C(N[C@H](Cc1ccccc1)c1ccccc1)c1cc2n(n1)CCN(Cc1ccccc1Cl)C2=O. The van der Waals surface area contributed by atoms with E-state index in [0.29, 0.717) is 36.8 Å². The minimum absolute atomic E-state index is 0.161. The Balaban J connectivity index is 1.34. The lowest BCUT2D eigenvalue weighted by atomic mass is 9.98. The van der Waals surface area contributed by atoms with Gasteiger partial charge in [0.15, 0.2) is 5.69 Å². The number of rotatable bonds is 7. The van der Waals surface area contributed by atoms with Gasteiger partial charge in [-0.15, -0.1) is 0 Å². The third-order valence-electron chi connectivity index (χ3n) is 6.21. The molecule has 0 bridgehead atoms. The second-order valence-corrected chi connectivity index (χ2v) is 8.99. The Morgan fingerprint density at radius 1 is 0.943 bits per heavy atom. The van der Waals surface area contributed by atoms with E-state index in [1.165, 1.54) is 0 Å². The van der Waals surface area contributed by atoms with E-state index in [9.17, 15) is 9.59 Å². The second kappa shape index (κ2) is 10.2. The smallest absolute Gasteiger partial charge is 0.272 e. The predicted molar refractivity (Wildman–Crippen MR) is 135 cm³/mol. The molecule has 6 nitrogen and oxygen atoms in total. The van der Waals surface area contributed by atoms with E-state index < -0.39 is 0 Å². The number of hydrogen-bond acceptors (Lipinski definition) is 3. The first-order valence-corrected chi connectivity index (χ1v) is 12.0. The quantitative estimate of drug-likeness (QED) is 0.405. The lowest BCUT2D eigenvalue weighted by Gasteiger charge is -2.27. The zero-order chi connectivity index (χ0) is 24.2. The number of aromatic nitrogens is 2. The summed E-state index contributed by atoms with van der Waals surface area (Å²) in [6, 6.07) is 28.8. The van der Waals surface area contributed by atoms with Gasteiger partial charge in [-0.3, -0.25) is 14.3 Å². The largest absolute Gasteiger partial charge is 0.344 e. The van der Waals surface area contributed by atoms with Crippen molar-refractivity contribution in [1.82, 2.24) is 20.0 Å². The molecule has 1 N–H and O–H groups in total. The molecular weight excluding hydrogens is 460 g/mol. The van der Waals surface area contributed by atoms with Crippen LogP contribution < -0.4 is 5.32 Å². The Bertz CT molecular complexity index is 1340. The van der Waals surface area contributed by atoms with Crippen molar-refractivity contribution < 1.29 is 9.59 Å². The number of amides is 2. The molecular formula is C28H25ClN4O2. The van der Waals surface area contributed by atoms with E-state index in [1.54, 1.807) is 15.6 Å². The number of benzene rings is 3. The van der Waals surface area contributed by atoms with Crippen LogP contribution in [0.5, 0.6) is 0 Å². The maximum Gasteiger partial charge on any atom is 0.272 e. The lowest BCUT2D eigenvalue weighted by Crippen LogP contribution is -2.39. The Kier molecular flexibility index (Phi) is 6.64. The highest BCUT2D eigenvalue weighted by molar-refractivity contribution is 6.31. The summed E-state index contributed by atoms with van der Waals surface area (Å²) in [4.78, 5) is 28.1. The van der Waals surface area contributed by atoms with Crippen molar-refractivity contribution in [2.45, 2.75) is 25.6 Å². The Morgan fingerprint density at radius 2 is 1.63 bits per heavy atom. The average Bonchev–Trinajstić information content (AvgIpc) is 3.33. The number of carbonyl (C=O) groups is 2. The van der Waals surface area contributed by atoms with Gasteiger partial charge in [0.2, 0.25) is 0 Å². The van der Waals surface area contributed by atoms with Crippen LogP contribution in [0.4, 0.5) is 0 Å². The Labute approximate surface area is 209 Å². The van der Waals surface area contributed by atoms with Crippen LogP contribution in [0, 0.1) is 0 Å². The van der Waals surface area contributed by atoms with Gasteiger partial charge in [-0.25, -0.2) is 0 Å². The zero-order valence-electron chi connectivity index (χ0n) is 19.1. The van der Waals surface area contributed by atoms with Crippen molar-refractivity contribution in [1.29, 1.82) is 0 Å². The second-order valence-electron chi connectivity index (χ2n) is 8.58. The first-order valence-electron chi connectivity index (χ1n) is 11.6. The molecule has 1 aliphatic heterocycles. The molecule has 35 heavy (non-hydrogen) atoms. The molecule has 0 spiro atoms. The van der Waals surface area contributed by atoms with Gasteiger partial charge in [0.25, 0.3) is 11.8 Å². The van der Waals surface area contributed by atoms with Gasteiger partial charge in [0.05, 0.1) is 12.6 Å². The molecule has 7 heteroatoms. The first kappa shape index (κ1) is 22.9. The molecule has 1 atom stereocenters. The maximum absolute atomic E-state index is 13.2. The van der Waals surface area contributed by atoms with Crippen molar-refractivity contribution in [3.05, 3.63) is 124 Å². The summed E-state index contributed by atoms with van der Waals surface area (Å²) in [5.41, 5.74) is 3.67. The molecule has 3 aromatic carbocycles. The summed E-state index contributed by atoms with van der Waals surface area (Å²) in [6.07, 6.45) is 0.648. The first-order chi connectivity index (χ1) is 17.1. The molecule has 0 unspecified atom stereocenters. The van der Waals surface area contributed by atoms with E-state index in [2.05, 4.69) is 10.4 Å². The van der Waals surface area contributed by atoms with Crippen LogP contribution in [0.2, 0.25) is 5.02 Å². The number of carbonyl (C=O) groups excluding carboxylic acids is 2. The van der Waals surface area contributed by atoms with Crippen molar-refractivity contribution in [3.8, 4) is 0 Å². The van der Waals surface area contributed by atoms with E-state index in [1.807, 2.05) is 84.9 Å². The minimum Gasteiger partial charge on any atom is -0.344 e. The lowest BCUT2D eigenvalue weighted by molar-refractivity contribution is 0.0683. The van der Waals surface area contributed by atoms with Gasteiger partial charge in [-0.05, 0) is 29.2 Å². The van der Waals surface area contributed by atoms with Gasteiger partial charge in [-0.1, -0.05) is 90.5 Å². The molecule has 176 valence electrons. The fourth-order valence-corrected chi connectivity index (χ4v) is 4.55. The number of hydrogen-bond donors (Lipinski definition) is 1. The van der Waals surface area contributed by atoms with Gasteiger partial charge in [0.1, 0.15) is 5.69 Å². The molecule has 0 saturated carbocycles. The zero-order valence-corrected chi connectivity index (χ0v) is 19.9. The van der Waals surface area contributed by atoms with E-state index in [-0.39, 0.29) is 23.6 Å². The highest BCUT2D eigenvalue weighted by Crippen LogP contribution is 2.22. The van der Waals surface area contributed by atoms with E-state index in [4.69, 9.17) is 11.6 Å². The van der Waals surface area contributed by atoms with Crippen LogP contribution in [0.15, 0.2) is 91.0 Å². The van der Waals surface area contributed by atoms with Gasteiger partial charge < -0.3 is 10.2 Å². The summed E-state index contributed by atoms with van der Waals surface area (Å²) >= 11 is 6.29. The summed E-state index contributed by atoms with van der Waals surface area (Å²) < 4.78 is 1.62. The molecule has 2 heterocycles. The summed E-state index contributed by atoms with van der Waals surface area (Å²) in [7, 11) is 0. The molecule has 1 aliphatic rings. The van der Waals surface area contributed by atoms with Crippen molar-refractivity contribution in [2.24, 2.45) is 0 Å². The van der Waals surface area contributed by atoms with Crippen LogP contribution in [0.1, 0.15) is 43.7 Å². The highest BCUT2D eigenvalue weighted by atomic mass is 35.5. The van der Waals surface area contributed by atoms with Crippen molar-refractivity contribution in [2.75, 3.05) is 6.54 Å². The number of fused-ring (bicyclic) bond motifs is 1. The molecule has 4 aromatic rings. The standard InChI is InChI=1S/C28H25ClN4O2/c29-23-14-8-7-13-22(23)19-32-15-16-33-26(28(32)35)18-25(31-33)27(34)30-24(21-11-5-2-6-12-21)17-20-9-3-1-4-10-20/h1-14,18,24H,15-17,19H2,(H,30,34)/t24-/m1/s1. The Hall–Kier alpha value is -3.90. The number of nitrogens with zero attached hydrogens (tertiary/aromatic N) is 3. The highest BCUT2D eigenvalue weighted by Gasteiger charge is 2.29. The maximum atomic E-state index is 13.2. The fourth-order valence-electron chi connectivity index (χ4n) is 4.35. The van der Waals surface area contributed by atoms with Crippen LogP contribution in [0.3, 0.4) is 0 Å².